The lowest BCUT2D eigenvalue weighted by atomic mass is 9.38. The van der Waals surface area contributed by atoms with Crippen LogP contribution in [-0.4, -0.2) is 57.9 Å². The Morgan fingerprint density at radius 1 is 1.07 bits per heavy atom. The van der Waals surface area contributed by atoms with Crippen molar-refractivity contribution in [2.24, 2.45) is 34.0 Å². The van der Waals surface area contributed by atoms with Crippen LogP contribution >= 0.6 is 0 Å². The summed E-state index contributed by atoms with van der Waals surface area (Å²) in [5.41, 5.74) is -1.95. The molecule has 0 aliphatic heterocycles. The summed E-state index contributed by atoms with van der Waals surface area (Å²) in [7, 11) is 0. The highest BCUT2D eigenvalue weighted by Gasteiger charge is 2.71. The Labute approximate surface area is 167 Å². The number of aliphatic hydroxyl groups excluding tert-OH is 3. The molecule has 8 atom stereocenters. The van der Waals surface area contributed by atoms with Gasteiger partial charge in [-0.25, -0.2) is 0 Å². The lowest BCUT2D eigenvalue weighted by Gasteiger charge is -2.67. The van der Waals surface area contributed by atoms with Gasteiger partial charge in [0.15, 0.2) is 0 Å². The summed E-state index contributed by atoms with van der Waals surface area (Å²) < 4.78 is 5.20. The summed E-state index contributed by atoms with van der Waals surface area (Å²) in [6.07, 6.45) is 5.87. The molecule has 4 N–H and O–H groups in total. The average Bonchev–Trinajstić information content (AvgIpc) is 3.03. The van der Waals surface area contributed by atoms with Crippen molar-refractivity contribution >= 4 is 5.97 Å². The Hall–Kier alpha value is -0.690. The molecular formula is C22H36O6. The molecule has 1 spiro atoms. The Bertz CT molecular complexity index is 639. The van der Waals surface area contributed by atoms with E-state index in [1.165, 1.54) is 6.92 Å². The normalized spacial score (nSPS) is 52.6. The second kappa shape index (κ2) is 6.66. The number of fused-ring (bicyclic) bond motifs is 2. The third-order valence-corrected chi connectivity index (χ3v) is 9.76. The Balaban J connectivity index is 1.69. The second-order valence-electron chi connectivity index (χ2n) is 10.5. The summed E-state index contributed by atoms with van der Waals surface area (Å²) in [5.74, 6) is 0.217. The van der Waals surface area contributed by atoms with E-state index in [0.29, 0.717) is 18.8 Å². The molecule has 0 aromatic carbocycles. The van der Waals surface area contributed by atoms with Gasteiger partial charge < -0.3 is 25.2 Å². The molecule has 0 aromatic heterocycles. The smallest absolute Gasteiger partial charge is 0.302 e. The summed E-state index contributed by atoms with van der Waals surface area (Å²) in [4.78, 5) is 11.3. The Morgan fingerprint density at radius 3 is 2.46 bits per heavy atom. The van der Waals surface area contributed by atoms with Crippen molar-refractivity contribution in [1.82, 2.24) is 0 Å². The van der Waals surface area contributed by atoms with Crippen LogP contribution in [-0.2, 0) is 9.53 Å². The molecule has 0 amide bonds. The number of carbonyl (C=O) groups is 1. The van der Waals surface area contributed by atoms with Crippen LogP contribution in [0.2, 0.25) is 0 Å². The quantitative estimate of drug-likeness (QED) is 0.538. The first-order valence-corrected chi connectivity index (χ1v) is 10.9. The van der Waals surface area contributed by atoms with Crippen LogP contribution in [0.4, 0.5) is 0 Å². The van der Waals surface area contributed by atoms with Crippen LogP contribution in [0.15, 0.2) is 0 Å². The van der Waals surface area contributed by atoms with E-state index in [1.54, 1.807) is 0 Å². The van der Waals surface area contributed by atoms with Crippen molar-refractivity contribution < 1.29 is 30.0 Å². The van der Waals surface area contributed by atoms with Crippen LogP contribution in [0, 0.1) is 34.0 Å². The zero-order valence-corrected chi connectivity index (χ0v) is 17.2. The summed E-state index contributed by atoms with van der Waals surface area (Å²) in [6.45, 7) is 3.41. The molecular weight excluding hydrogens is 360 g/mol. The summed E-state index contributed by atoms with van der Waals surface area (Å²) >= 11 is 0. The highest BCUT2D eigenvalue weighted by molar-refractivity contribution is 5.65. The highest BCUT2D eigenvalue weighted by atomic mass is 16.5. The van der Waals surface area contributed by atoms with Gasteiger partial charge in [-0.1, -0.05) is 6.92 Å². The molecule has 2 bridgehead atoms. The van der Waals surface area contributed by atoms with Gasteiger partial charge >= 0.3 is 5.97 Å². The fourth-order valence-corrected chi connectivity index (χ4v) is 8.18. The molecule has 0 heterocycles. The van der Waals surface area contributed by atoms with Gasteiger partial charge in [0, 0.05) is 24.4 Å². The lowest BCUT2D eigenvalue weighted by molar-refractivity contribution is -0.236. The van der Waals surface area contributed by atoms with Crippen molar-refractivity contribution in [1.29, 1.82) is 0 Å². The monoisotopic (exact) mass is 396 g/mol. The molecule has 8 unspecified atom stereocenters. The third kappa shape index (κ3) is 2.50. The maximum atomic E-state index is 11.3. The van der Waals surface area contributed by atoms with Gasteiger partial charge in [-0.15, -0.1) is 0 Å². The summed E-state index contributed by atoms with van der Waals surface area (Å²) in [5, 5.41) is 43.0. The van der Waals surface area contributed by atoms with E-state index in [9.17, 15) is 25.2 Å². The molecule has 6 nitrogen and oxygen atoms in total. The summed E-state index contributed by atoms with van der Waals surface area (Å²) in [6, 6.07) is 0. The molecule has 4 aliphatic carbocycles. The number of carbonyl (C=O) groups excluding carboxylic acids is 1. The third-order valence-electron chi connectivity index (χ3n) is 9.76. The van der Waals surface area contributed by atoms with Crippen LogP contribution in [0.25, 0.3) is 0 Å². The number of esters is 1. The molecule has 6 heteroatoms. The Morgan fingerprint density at radius 2 is 1.82 bits per heavy atom. The number of ether oxygens (including phenoxy) is 1. The van der Waals surface area contributed by atoms with Crippen molar-refractivity contribution in [2.45, 2.75) is 76.9 Å². The van der Waals surface area contributed by atoms with Gasteiger partial charge in [-0.05, 0) is 74.5 Å². The number of aliphatic hydroxyl groups is 4. The largest absolute Gasteiger partial charge is 0.463 e. The maximum Gasteiger partial charge on any atom is 0.302 e. The van der Waals surface area contributed by atoms with Gasteiger partial charge in [-0.2, -0.15) is 0 Å². The minimum absolute atomic E-state index is 0.0540. The molecule has 28 heavy (non-hydrogen) atoms. The number of hydrogen-bond donors (Lipinski definition) is 4. The molecule has 0 aromatic rings. The van der Waals surface area contributed by atoms with Crippen molar-refractivity contribution in [3.63, 3.8) is 0 Å². The van der Waals surface area contributed by atoms with E-state index < -0.39 is 17.1 Å². The van der Waals surface area contributed by atoms with E-state index >= 15 is 0 Å². The van der Waals surface area contributed by atoms with Gasteiger partial charge in [0.2, 0.25) is 0 Å². The zero-order valence-electron chi connectivity index (χ0n) is 17.2. The van der Waals surface area contributed by atoms with Crippen LogP contribution in [0.3, 0.4) is 0 Å². The van der Waals surface area contributed by atoms with E-state index in [-0.39, 0.29) is 48.5 Å². The predicted octanol–water partition coefficient (Wildman–Crippen LogP) is 1.63. The first-order valence-electron chi connectivity index (χ1n) is 10.9. The fourth-order valence-electron chi connectivity index (χ4n) is 8.18. The fraction of sp³-hybridized carbons (Fsp3) is 0.955. The number of rotatable bonds is 4. The molecule has 4 aliphatic rings. The molecule has 4 fully saturated rings. The molecule has 4 saturated carbocycles. The van der Waals surface area contributed by atoms with Gasteiger partial charge in [0.05, 0.1) is 12.7 Å². The maximum absolute atomic E-state index is 11.3. The molecule has 4 rings (SSSR count). The van der Waals surface area contributed by atoms with E-state index in [1.807, 2.05) is 6.92 Å². The molecule has 0 saturated heterocycles. The predicted molar refractivity (Wildman–Crippen MR) is 102 cm³/mol. The SMILES string of the molecule is CC(=O)OCC1(O)CCC23CC1CC2CCC1C(C)(CO)C(O)CCC13CO. The van der Waals surface area contributed by atoms with E-state index in [4.69, 9.17) is 4.74 Å². The molecule has 160 valence electrons. The van der Waals surface area contributed by atoms with Crippen LogP contribution in [0.5, 0.6) is 0 Å². The van der Waals surface area contributed by atoms with Crippen molar-refractivity contribution in [3.05, 3.63) is 0 Å². The van der Waals surface area contributed by atoms with Gasteiger partial charge in [0.25, 0.3) is 0 Å². The molecule has 0 radical (unpaired) electrons. The second-order valence-corrected chi connectivity index (χ2v) is 10.5. The zero-order chi connectivity index (χ0) is 20.4. The minimum atomic E-state index is -0.977. The first-order chi connectivity index (χ1) is 13.2. The standard InChI is InChI=1S/C22H36O6/c1-14(25)28-13-22(27)8-7-20-10-16(22)9-15(20)3-4-17-19(2,11-23)18(26)5-6-21(17,20)12-24/h15-18,23-24,26-27H,3-13H2,1-2H3. The highest BCUT2D eigenvalue weighted by Crippen LogP contribution is 2.75. The van der Waals surface area contributed by atoms with Crippen LogP contribution in [0.1, 0.15) is 65.2 Å². The Kier molecular flexibility index (Phi) is 4.89. The lowest BCUT2D eigenvalue weighted by Crippen LogP contribution is -2.65. The van der Waals surface area contributed by atoms with Gasteiger partial charge in [-0.3, -0.25) is 4.79 Å². The van der Waals surface area contributed by atoms with Gasteiger partial charge in [0.1, 0.15) is 12.2 Å². The minimum Gasteiger partial charge on any atom is -0.463 e. The van der Waals surface area contributed by atoms with Crippen molar-refractivity contribution in [3.8, 4) is 0 Å². The average molecular weight is 397 g/mol. The first kappa shape index (κ1) is 20.6. The van der Waals surface area contributed by atoms with E-state index in [0.717, 1.165) is 38.5 Å². The van der Waals surface area contributed by atoms with Crippen LogP contribution < -0.4 is 0 Å². The van der Waals surface area contributed by atoms with E-state index in [2.05, 4.69) is 0 Å². The number of hydrogen-bond acceptors (Lipinski definition) is 6. The van der Waals surface area contributed by atoms with Crippen molar-refractivity contribution in [2.75, 3.05) is 19.8 Å². The topological polar surface area (TPSA) is 107 Å².